The van der Waals surface area contributed by atoms with E-state index < -0.39 is 0 Å². The topological polar surface area (TPSA) is 83.8 Å². The highest BCUT2D eigenvalue weighted by Crippen LogP contribution is 2.17. The number of nitrogens with zero attached hydrogens (tertiary/aromatic N) is 1. The zero-order chi connectivity index (χ0) is 10.7. The number of rotatable bonds is 2. The van der Waals surface area contributed by atoms with Crippen LogP contribution in [-0.4, -0.2) is 16.0 Å². The summed E-state index contributed by atoms with van der Waals surface area (Å²) in [6.07, 6.45) is 8.70. The molecule has 1 aromatic rings. The van der Waals surface area contributed by atoms with Gasteiger partial charge in [0, 0.05) is 6.04 Å². The molecule has 0 fully saturated rings. The summed E-state index contributed by atoms with van der Waals surface area (Å²) >= 11 is 0. The standard InChI is InChI=1S/C10H14N4O/c11-8-9(12-6-13-10(8)15)14-7-4-2-1-3-5-7/h1-2,6-7H,3-5,11H2,(H2,12,13,14,15). The molecule has 2 rings (SSSR count). The van der Waals surface area contributed by atoms with Crippen molar-refractivity contribution in [1.82, 2.24) is 9.97 Å². The molecule has 0 bridgehead atoms. The number of nitrogens with two attached hydrogens (primary N) is 1. The first-order valence-corrected chi connectivity index (χ1v) is 5.02. The van der Waals surface area contributed by atoms with Gasteiger partial charge in [0.05, 0.1) is 6.33 Å². The van der Waals surface area contributed by atoms with Crippen molar-refractivity contribution in [3.05, 3.63) is 28.8 Å². The number of anilines is 2. The highest BCUT2D eigenvalue weighted by Gasteiger charge is 2.12. The first-order chi connectivity index (χ1) is 7.27. The molecule has 0 saturated heterocycles. The van der Waals surface area contributed by atoms with Crippen LogP contribution in [0, 0.1) is 0 Å². The summed E-state index contributed by atoms with van der Waals surface area (Å²) in [6, 6.07) is 0.326. The van der Waals surface area contributed by atoms with E-state index in [1.54, 1.807) is 0 Å². The molecule has 1 atom stereocenters. The van der Waals surface area contributed by atoms with Crippen molar-refractivity contribution in [2.75, 3.05) is 11.1 Å². The number of nitrogens with one attached hydrogen (secondary N) is 2. The SMILES string of the molecule is Nc1c(NC2CC=CCC2)nc[nH]c1=O. The molecule has 5 nitrogen and oxygen atoms in total. The van der Waals surface area contributed by atoms with Crippen LogP contribution in [0.4, 0.5) is 11.5 Å². The van der Waals surface area contributed by atoms with E-state index in [0.29, 0.717) is 11.9 Å². The summed E-state index contributed by atoms with van der Waals surface area (Å²) in [5.41, 5.74) is 5.48. The monoisotopic (exact) mass is 206 g/mol. The van der Waals surface area contributed by atoms with Gasteiger partial charge in [0.1, 0.15) is 5.69 Å². The van der Waals surface area contributed by atoms with E-state index in [1.165, 1.54) is 6.33 Å². The third-order valence-corrected chi connectivity index (χ3v) is 2.50. The molecule has 0 saturated carbocycles. The van der Waals surface area contributed by atoms with Gasteiger partial charge in [0.25, 0.3) is 5.56 Å². The molecular formula is C10H14N4O. The molecule has 0 aliphatic heterocycles. The van der Waals surface area contributed by atoms with Crippen LogP contribution in [0.1, 0.15) is 19.3 Å². The molecule has 4 N–H and O–H groups in total. The smallest absolute Gasteiger partial charge is 0.276 e. The van der Waals surface area contributed by atoms with Crippen molar-refractivity contribution in [1.29, 1.82) is 0 Å². The minimum Gasteiger partial charge on any atom is -0.391 e. The fourth-order valence-electron chi connectivity index (χ4n) is 1.64. The normalized spacial score (nSPS) is 20.1. The zero-order valence-corrected chi connectivity index (χ0v) is 8.36. The zero-order valence-electron chi connectivity index (χ0n) is 8.36. The Bertz CT molecular complexity index is 424. The summed E-state index contributed by atoms with van der Waals surface area (Å²) in [6.45, 7) is 0. The molecule has 80 valence electrons. The number of allylic oxidation sites excluding steroid dienone is 1. The van der Waals surface area contributed by atoms with Crippen molar-refractivity contribution in [2.45, 2.75) is 25.3 Å². The molecule has 1 aliphatic carbocycles. The largest absolute Gasteiger partial charge is 0.391 e. The van der Waals surface area contributed by atoms with Gasteiger partial charge >= 0.3 is 0 Å². The van der Waals surface area contributed by atoms with Crippen molar-refractivity contribution >= 4 is 11.5 Å². The van der Waals surface area contributed by atoms with Crippen molar-refractivity contribution in [3.63, 3.8) is 0 Å². The van der Waals surface area contributed by atoms with Crippen LogP contribution < -0.4 is 16.6 Å². The Morgan fingerprint density at radius 3 is 3.13 bits per heavy atom. The minimum atomic E-state index is -0.293. The van der Waals surface area contributed by atoms with Gasteiger partial charge in [-0.3, -0.25) is 4.79 Å². The number of hydrogen-bond donors (Lipinski definition) is 3. The number of nitrogen functional groups attached to an aromatic ring is 1. The van der Waals surface area contributed by atoms with Crippen LogP contribution in [0.5, 0.6) is 0 Å². The summed E-state index contributed by atoms with van der Waals surface area (Å²) in [4.78, 5) is 17.7. The van der Waals surface area contributed by atoms with E-state index in [-0.39, 0.29) is 11.2 Å². The lowest BCUT2D eigenvalue weighted by Crippen LogP contribution is -2.24. The van der Waals surface area contributed by atoms with Crippen molar-refractivity contribution < 1.29 is 0 Å². The predicted molar refractivity (Wildman–Crippen MR) is 59.7 cm³/mol. The maximum atomic E-state index is 11.2. The second-order valence-electron chi connectivity index (χ2n) is 3.62. The Morgan fingerprint density at radius 2 is 2.40 bits per heavy atom. The Morgan fingerprint density at radius 1 is 1.53 bits per heavy atom. The van der Waals surface area contributed by atoms with E-state index in [0.717, 1.165) is 19.3 Å². The molecule has 1 heterocycles. The molecule has 1 aromatic heterocycles. The summed E-state index contributed by atoms with van der Waals surface area (Å²) in [5, 5.41) is 3.18. The van der Waals surface area contributed by atoms with Gasteiger partial charge in [0.2, 0.25) is 0 Å². The van der Waals surface area contributed by atoms with E-state index in [2.05, 4.69) is 27.4 Å². The fraction of sp³-hybridized carbons (Fsp3) is 0.400. The molecule has 0 radical (unpaired) electrons. The molecule has 5 heteroatoms. The van der Waals surface area contributed by atoms with Crippen molar-refractivity contribution in [3.8, 4) is 0 Å². The number of aromatic nitrogens is 2. The van der Waals surface area contributed by atoms with Crippen LogP contribution in [0.25, 0.3) is 0 Å². The molecule has 0 aromatic carbocycles. The van der Waals surface area contributed by atoms with E-state index in [4.69, 9.17) is 5.73 Å². The minimum absolute atomic E-state index is 0.159. The second kappa shape index (κ2) is 4.16. The molecular weight excluding hydrogens is 192 g/mol. The lowest BCUT2D eigenvalue weighted by Gasteiger charge is -2.20. The van der Waals surface area contributed by atoms with Crippen molar-refractivity contribution in [2.24, 2.45) is 0 Å². The molecule has 15 heavy (non-hydrogen) atoms. The van der Waals surface area contributed by atoms with Crippen LogP contribution in [-0.2, 0) is 0 Å². The van der Waals surface area contributed by atoms with Gasteiger partial charge in [-0.25, -0.2) is 4.98 Å². The average molecular weight is 206 g/mol. The Hall–Kier alpha value is -1.78. The van der Waals surface area contributed by atoms with Gasteiger partial charge in [-0.05, 0) is 19.3 Å². The number of hydrogen-bond acceptors (Lipinski definition) is 4. The lowest BCUT2D eigenvalue weighted by molar-refractivity contribution is 0.642. The van der Waals surface area contributed by atoms with E-state index >= 15 is 0 Å². The number of aromatic amines is 1. The second-order valence-corrected chi connectivity index (χ2v) is 3.62. The predicted octanol–water partition coefficient (Wildman–Crippen LogP) is 0.873. The molecule has 0 amide bonds. The van der Waals surface area contributed by atoms with Crippen LogP contribution in [0.15, 0.2) is 23.3 Å². The molecule has 1 unspecified atom stereocenters. The fourth-order valence-corrected chi connectivity index (χ4v) is 1.64. The van der Waals surface area contributed by atoms with E-state index in [1.807, 2.05) is 0 Å². The summed E-state index contributed by atoms with van der Waals surface area (Å²) in [7, 11) is 0. The van der Waals surface area contributed by atoms with Crippen LogP contribution in [0.3, 0.4) is 0 Å². The summed E-state index contributed by atoms with van der Waals surface area (Å²) < 4.78 is 0. The van der Waals surface area contributed by atoms with Gasteiger partial charge in [-0.1, -0.05) is 12.2 Å². The first-order valence-electron chi connectivity index (χ1n) is 5.02. The Kier molecular flexibility index (Phi) is 2.71. The molecule has 0 spiro atoms. The number of H-pyrrole nitrogens is 1. The van der Waals surface area contributed by atoms with Gasteiger partial charge < -0.3 is 16.0 Å². The average Bonchev–Trinajstić information content (AvgIpc) is 2.26. The Balaban J connectivity index is 2.13. The maximum absolute atomic E-state index is 11.2. The third-order valence-electron chi connectivity index (χ3n) is 2.50. The van der Waals surface area contributed by atoms with E-state index in [9.17, 15) is 4.79 Å². The summed E-state index contributed by atoms with van der Waals surface area (Å²) in [5.74, 6) is 0.485. The van der Waals surface area contributed by atoms with Crippen LogP contribution >= 0.6 is 0 Å². The Labute approximate surface area is 87.4 Å². The maximum Gasteiger partial charge on any atom is 0.276 e. The van der Waals surface area contributed by atoms with Crippen LogP contribution in [0.2, 0.25) is 0 Å². The first kappa shape index (κ1) is 9.76. The quantitative estimate of drug-likeness (QED) is 0.627. The molecule has 1 aliphatic rings. The van der Waals surface area contributed by atoms with Gasteiger partial charge in [0.15, 0.2) is 5.82 Å². The third kappa shape index (κ3) is 2.18. The van der Waals surface area contributed by atoms with Gasteiger partial charge in [-0.15, -0.1) is 0 Å². The highest BCUT2D eigenvalue weighted by atomic mass is 16.1. The lowest BCUT2D eigenvalue weighted by atomic mass is 10.0. The van der Waals surface area contributed by atoms with Gasteiger partial charge in [-0.2, -0.15) is 0 Å². The highest BCUT2D eigenvalue weighted by molar-refractivity contribution is 5.59.